The topological polar surface area (TPSA) is 55.1 Å². The van der Waals surface area contributed by atoms with Gasteiger partial charge in [-0.05, 0) is 38.0 Å². The highest BCUT2D eigenvalue weighted by Crippen LogP contribution is 2.37. The summed E-state index contributed by atoms with van der Waals surface area (Å²) >= 11 is 0. The summed E-state index contributed by atoms with van der Waals surface area (Å²) < 4.78 is 1.77. The molecule has 1 fully saturated rings. The number of aromatic nitrogens is 2. The van der Waals surface area contributed by atoms with Crippen molar-refractivity contribution in [1.82, 2.24) is 9.55 Å². The van der Waals surface area contributed by atoms with Crippen molar-refractivity contribution < 1.29 is 5.11 Å². The molecule has 1 aliphatic carbocycles. The summed E-state index contributed by atoms with van der Waals surface area (Å²) in [5.41, 5.74) is 0.502. The van der Waals surface area contributed by atoms with Gasteiger partial charge in [-0.25, -0.2) is 0 Å². The molecule has 0 amide bonds. The van der Waals surface area contributed by atoms with E-state index >= 15 is 0 Å². The van der Waals surface area contributed by atoms with Crippen LogP contribution in [-0.4, -0.2) is 20.8 Å². The van der Waals surface area contributed by atoms with E-state index in [0.717, 1.165) is 12.8 Å². The summed E-state index contributed by atoms with van der Waals surface area (Å²) in [6.07, 6.45) is 5.65. The molecule has 1 saturated carbocycles. The highest BCUT2D eigenvalue weighted by atomic mass is 16.3. The molecule has 0 aliphatic heterocycles. The fraction of sp³-hybridized carbons (Fsp3) is 0.714. The molecule has 100 valence electrons. The van der Waals surface area contributed by atoms with Gasteiger partial charge < -0.3 is 9.67 Å². The molecule has 0 spiro atoms. The zero-order valence-electron chi connectivity index (χ0n) is 11.3. The van der Waals surface area contributed by atoms with Gasteiger partial charge in [0.1, 0.15) is 5.69 Å². The third-order valence-electron chi connectivity index (χ3n) is 4.09. The van der Waals surface area contributed by atoms with Crippen LogP contribution in [0.3, 0.4) is 0 Å². The predicted molar refractivity (Wildman–Crippen MR) is 70.5 cm³/mol. The van der Waals surface area contributed by atoms with E-state index in [1.54, 1.807) is 23.9 Å². The Morgan fingerprint density at radius 1 is 1.44 bits per heavy atom. The Labute approximate surface area is 108 Å². The first-order valence-electron chi connectivity index (χ1n) is 6.72. The van der Waals surface area contributed by atoms with E-state index in [1.807, 2.05) is 0 Å². The first kappa shape index (κ1) is 13.3. The van der Waals surface area contributed by atoms with Crippen LogP contribution >= 0.6 is 0 Å². The van der Waals surface area contributed by atoms with Crippen molar-refractivity contribution in [2.45, 2.75) is 52.2 Å². The average molecular weight is 250 g/mol. The monoisotopic (exact) mass is 250 g/mol. The third kappa shape index (κ3) is 2.48. The summed E-state index contributed by atoms with van der Waals surface area (Å²) in [5, 5.41) is 9.87. The number of aliphatic hydroxyl groups is 1. The van der Waals surface area contributed by atoms with E-state index in [2.05, 4.69) is 18.8 Å². The molecule has 0 aromatic carbocycles. The largest absolute Gasteiger partial charge is 0.393 e. The zero-order valence-corrected chi connectivity index (χ0v) is 11.3. The van der Waals surface area contributed by atoms with Crippen molar-refractivity contribution in [2.24, 2.45) is 11.8 Å². The van der Waals surface area contributed by atoms with Crippen LogP contribution in [0.5, 0.6) is 0 Å². The number of aryl methyl sites for hydroxylation is 1. The lowest BCUT2D eigenvalue weighted by Crippen LogP contribution is -2.38. The molecule has 1 aromatic rings. The van der Waals surface area contributed by atoms with Gasteiger partial charge in [-0.3, -0.25) is 9.78 Å². The standard InChI is InChI=1S/C14H22N2O2/c1-9(2)12-5-4-11(17)8-13(12)16-7-6-15-10(3)14(16)18/h6-7,9,11-13,17H,4-5,8H2,1-3H3. The van der Waals surface area contributed by atoms with E-state index in [4.69, 9.17) is 0 Å². The average Bonchev–Trinajstić information content (AvgIpc) is 2.32. The molecule has 1 heterocycles. The van der Waals surface area contributed by atoms with Gasteiger partial charge in [-0.2, -0.15) is 0 Å². The predicted octanol–water partition coefficient (Wildman–Crippen LogP) is 1.91. The molecule has 1 aliphatic rings. The normalized spacial score (nSPS) is 28.6. The maximum absolute atomic E-state index is 12.2. The fourth-order valence-corrected chi connectivity index (χ4v) is 3.03. The maximum Gasteiger partial charge on any atom is 0.272 e. The molecule has 1 N–H and O–H groups in total. The Kier molecular flexibility index (Phi) is 3.85. The summed E-state index contributed by atoms with van der Waals surface area (Å²) in [6.45, 7) is 6.12. The van der Waals surface area contributed by atoms with Crippen LogP contribution < -0.4 is 5.56 Å². The van der Waals surface area contributed by atoms with Gasteiger partial charge in [-0.1, -0.05) is 13.8 Å². The Balaban J connectivity index is 2.38. The van der Waals surface area contributed by atoms with Gasteiger partial charge in [0.15, 0.2) is 0 Å². The highest BCUT2D eigenvalue weighted by molar-refractivity contribution is 4.98. The Hall–Kier alpha value is -1.16. The van der Waals surface area contributed by atoms with Crippen LogP contribution in [0.4, 0.5) is 0 Å². The van der Waals surface area contributed by atoms with E-state index < -0.39 is 0 Å². The van der Waals surface area contributed by atoms with E-state index in [1.165, 1.54) is 0 Å². The molecule has 18 heavy (non-hydrogen) atoms. The number of aliphatic hydroxyl groups excluding tert-OH is 1. The SMILES string of the molecule is Cc1nccn(C2CC(O)CCC2C(C)C)c1=O. The van der Waals surface area contributed by atoms with Crippen LogP contribution in [0, 0.1) is 18.8 Å². The smallest absolute Gasteiger partial charge is 0.272 e. The van der Waals surface area contributed by atoms with Crippen LogP contribution in [0.15, 0.2) is 17.2 Å². The third-order valence-corrected chi connectivity index (χ3v) is 4.09. The molecule has 1 aromatic heterocycles. The van der Waals surface area contributed by atoms with Crippen molar-refractivity contribution in [3.05, 3.63) is 28.4 Å². The van der Waals surface area contributed by atoms with Crippen LogP contribution in [0.2, 0.25) is 0 Å². The second kappa shape index (κ2) is 5.22. The van der Waals surface area contributed by atoms with Crippen molar-refractivity contribution in [1.29, 1.82) is 0 Å². The zero-order chi connectivity index (χ0) is 13.3. The van der Waals surface area contributed by atoms with Gasteiger partial charge in [0.25, 0.3) is 5.56 Å². The van der Waals surface area contributed by atoms with Crippen molar-refractivity contribution in [2.75, 3.05) is 0 Å². The summed E-state index contributed by atoms with van der Waals surface area (Å²) in [6, 6.07) is 0.1000. The van der Waals surface area contributed by atoms with E-state index in [9.17, 15) is 9.90 Å². The molecule has 0 radical (unpaired) electrons. The van der Waals surface area contributed by atoms with Crippen LogP contribution in [-0.2, 0) is 0 Å². The quantitative estimate of drug-likeness (QED) is 0.872. The maximum atomic E-state index is 12.2. The summed E-state index contributed by atoms with van der Waals surface area (Å²) in [7, 11) is 0. The molecule has 2 rings (SSSR count). The molecule has 4 nitrogen and oxygen atoms in total. The first-order chi connectivity index (χ1) is 8.50. The Morgan fingerprint density at radius 3 is 2.83 bits per heavy atom. The minimum Gasteiger partial charge on any atom is -0.393 e. The molecule has 3 unspecified atom stereocenters. The molecule has 0 bridgehead atoms. The van der Waals surface area contributed by atoms with Gasteiger partial charge in [-0.15, -0.1) is 0 Å². The summed E-state index contributed by atoms with van der Waals surface area (Å²) in [5.74, 6) is 0.968. The first-order valence-corrected chi connectivity index (χ1v) is 6.72. The number of nitrogens with zero attached hydrogens (tertiary/aromatic N) is 2. The minimum atomic E-state index is -0.287. The molecular formula is C14H22N2O2. The van der Waals surface area contributed by atoms with Crippen molar-refractivity contribution in [3.63, 3.8) is 0 Å². The lowest BCUT2D eigenvalue weighted by atomic mass is 9.76. The summed E-state index contributed by atoms with van der Waals surface area (Å²) in [4.78, 5) is 16.2. The highest BCUT2D eigenvalue weighted by Gasteiger charge is 2.33. The molecule has 0 saturated heterocycles. The van der Waals surface area contributed by atoms with Crippen LogP contribution in [0.25, 0.3) is 0 Å². The van der Waals surface area contributed by atoms with Gasteiger partial charge in [0.05, 0.1) is 6.10 Å². The van der Waals surface area contributed by atoms with Gasteiger partial charge in [0, 0.05) is 18.4 Å². The second-order valence-corrected chi connectivity index (χ2v) is 5.67. The fourth-order valence-electron chi connectivity index (χ4n) is 3.03. The lowest BCUT2D eigenvalue weighted by Gasteiger charge is -2.37. The van der Waals surface area contributed by atoms with Gasteiger partial charge >= 0.3 is 0 Å². The number of hydrogen-bond acceptors (Lipinski definition) is 3. The van der Waals surface area contributed by atoms with Crippen LogP contribution in [0.1, 0.15) is 44.8 Å². The number of hydrogen-bond donors (Lipinski definition) is 1. The Bertz CT molecular complexity index is 467. The molecular weight excluding hydrogens is 228 g/mol. The molecule has 4 heteroatoms. The second-order valence-electron chi connectivity index (χ2n) is 5.67. The minimum absolute atomic E-state index is 0.0257. The van der Waals surface area contributed by atoms with E-state index in [-0.39, 0.29) is 17.7 Å². The number of rotatable bonds is 2. The van der Waals surface area contributed by atoms with Crippen molar-refractivity contribution >= 4 is 0 Å². The molecule has 3 atom stereocenters. The Morgan fingerprint density at radius 2 is 2.17 bits per heavy atom. The van der Waals surface area contributed by atoms with Gasteiger partial charge in [0.2, 0.25) is 0 Å². The van der Waals surface area contributed by atoms with E-state index in [0.29, 0.717) is 24.0 Å². The lowest BCUT2D eigenvalue weighted by molar-refractivity contribution is 0.0553. The van der Waals surface area contributed by atoms with Crippen molar-refractivity contribution in [3.8, 4) is 0 Å².